The van der Waals surface area contributed by atoms with Crippen molar-refractivity contribution in [2.75, 3.05) is 12.3 Å². The zero-order valence-electron chi connectivity index (χ0n) is 9.39. The van der Waals surface area contributed by atoms with E-state index in [1.807, 2.05) is 30.3 Å². The maximum absolute atomic E-state index is 11.5. The van der Waals surface area contributed by atoms with E-state index < -0.39 is 0 Å². The molecule has 0 aliphatic rings. The molecule has 1 aromatic heterocycles. The highest BCUT2D eigenvalue weighted by atomic mass is 16.1. The van der Waals surface area contributed by atoms with Gasteiger partial charge in [-0.2, -0.15) is 0 Å². The Kier molecular flexibility index (Phi) is 3.20. The van der Waals surface area contributed by atoms with Crippen LogP contribution in [0.2, 0.25) is 0 Å². The fraction of sp³-hybridized carbons (Fsp3) is 0.167. The van der Waals surface area contributed by atoms with E-state index in [0.29, 0.717) is 18.1 Å². The SMILES string of the molecule is NCC(=O)c1[nH]c[n+](Cc2ccccc2)c1N. The maximum Gasteiger partial charge on any atom is 0.262 e. The summed E-state index contributed by atoms with van der Waals surface area (Å²) in [6.07, 6.45) is 1.69. The highest BCUT2D eigenvalue weighted by Gasteiger charge is 2.19. The summed E-state index contributed by atoms with van der Waals surface area (Å²) in [6.45, 7) is 0.580. The zero-order valence-corrected chi connectivity index (χ0v) is 9.39. The van der Waals surface area contributed by atoms with Crippen LogP contribution in [0.25, 0.3) is 0 Å². The molecule has 5 nitrogen and oxygen atoms in total. The lowest BCUT2D eigenvalue weighted by molar-refractivity contribution is -0.673. The summed E-state index contributed by atoms with van der Waals surface area (Å²) in [4.78, 5) is 14.3. The molecule has 0 radical (unpaired) electrons. The predicted molar refractivity (Wildman–Crippen MR) is 64.3 cm³/mol. The lowest BCUT2D eigenvalue weighted by Crippen LogP contribution is -2.35. The number of hydrogen-bond acceptors (Lipinski definition) is 3. The van der Waals surface area contributed by atoms with Gasteiger partial charge in [0.25, 0.3) is 5.82 Å². The summed E-state index contributed by atoms with van der Waals surface area (Å²) in [7, 11) is 0. The highest BCUT2D eigenvalue weighted by Crippen LogP contribution is 2.05. The van der Waals surface area contributed by atoms with E-state index in [0.717, 1.165) is 5.56 Å². The molecule has 17 heavy (non-hydrogen) atoms. The number of rotatable bonds is 4. The smallest absolute Gasteiger partial charge is 0.262 e. The number of nitrogens with one attached hydrogen (secondary N) is 1. The monoisotopic (exact) mass is 231 g/mol. The molecule has 0 saturated carbocycles. The molecule has 0 fully saturated rings. The number of ketones is 1. The summed E-state index contributed by atoms with van der Waals surface area (Å²) < 4.78 is 1.79. The highest BCUT2D eigenvalue weighted by molar-refractivity contribution is 5.98. The van der Waals surface area contributed by atoms with Gasteiger partial charge in [-0.15, -0.1) is 0 Å². The minimum absolute atomic E-state index is 0.0456. The van der Waals surface area contributed by atoms with Gasteiger partial charge in [0.1, 0.15) is 0 Å². The first kappa shape index (κ1) is 11.3. The van der Waals surface area contributed by atoms with Gasteiger partial charge in [-0.05, 0) is 5.56 Å². The topological polar surface area (TPSA) is 88.8 Å². The lowest BCUT2D eigenvalue weighted by Gasteiger charge is -1.99. The van der Waals surface area contributed by atoms with Gasteiger partial charge in [-0.25, -0.2) is 4.57 Å². The Hall–Kier alpha value is -2.14. The molecule has 2 rings (SSSR count). The van der Waals surface area contributed by atoms with Crippen LogP contribution in [-0.4, -0.2) is 17.3 Å². The van der Waals surface area contributed by atoms with Gasteiger partial charge in [0.2, 0.25) is 11.5 Å². The Morgan fingerprint density at radius 1 is 1.29 bits per heavy atom. The van der Waals surface area contributed by atoms with Crippen molar-refractivity contribution >= 4 is 11.6 Å². The van der Waals surface area contributed by atoms with Crippen LogP contribution in [0.4, 0.5) is 5.82 Å². The molecule has 1 aromatic carbocycles. The number of nitrogens with two attached hydrogens (primary N) is 2. The van der Waals surface area contributed by atoms with Crippen LogP contribution in [0.3, 0.4) is 0 Å². The number of aromatic nitrogens is 2. The fourth-order valence-corrected chi connectivity index (χ4v) is 1.67. The predicted octanol–water partition coefficient (Wildman–Crippen LogP) is 0.0741. The molecule has 1 heterocycles. The van der Waals surface area contributed by atoms with Gasteiger partial charge >= 0.3 is 0 Å². The summed E-state index contributed by atoms with van der Waals surface area (Å²) in [5.74, 6) is 0.235. The van der Waals surface area contributed by atoms with Gasteiger partial charge in [0.05, 0.1) is 13.1 Å². The second-order valence-electron chi connectivity index (χ2n) is 3.77. The van der Waals surface area contributed by atoms with E-state index in [9.17, 15) is 4.79 Å². The van der Waals surface area contributed by atoms with Crippen molar-refractivity contribution in [3.63, 3.8) is 0 Å². The summed E-state index contributed by atoms with van der Waals surface area (Å²) >= 11 is 0. The van der Waals surface area contributed by atoms with Crippen molar-refractivity contribution in [2.45, 2.75) is 6.54 Å². The number of benzene rings is 1. The normalized spacial score (nSPS) is 10.4. The Balaban J connectivity index is 2.24. The van der Waals surface area contributed by atoms with Gasteiger partial charge < -0.3 is 11.5 Å². The first-order valence-electron chi connectivity index (χ1n) is 5.36. The quantitative estimate of drug-likeness (QED) is 0.514. The molecule has 2 aromatic rings. The molecule has 0 unspecified atom stereocenters. The Morgan fingerprint density at radius 2 is 2.00 bits per heavy atom. The Morgan fingerprint density at radius 3 is 2.65 bits per heavy atom. The minimum atomic E-state index is -0.186. The summed E-state index contributed by atoms with van der Waals surface area (Å²) in [5.41, 5.74) is 12.7. The second-order valence-corrected chi connectivity index (χ2v) is 3.77. The van der Waals surface area contributed by atoms with E-state index in [4.69, 9.17) is 11.5 Å². The maximum atomic E-state index is 11.5. The second kappa shape index (κ2) is 4.80. The van der Waals surface area contributed by atoms with E-state index in [2.05, 4.69) is 4.98 Å². The summed E-state index contributed by atoms with van der Waals surface area (Å²) in [5, 5.41) is 0. The Bertz CT molecular complexity index is 519. The van der Waals surface area contributed by atoms with Crippen molar-refractivity contribution in [1.82, 2.24) is 4.98 Å². The number of nitrogens with zero attached hydrogens (tertiary/aromatic N) is 1. The molecule has 5 heteroatoms. The van der Waals surface area contributed by atoms with E-state index in [1.54, 1.807) is 10.9 Å². The molecule has 0 aliphatic heterocycles. The third-order valence-electron chi connectivity index (χ3n) is 2.59. The number of nitrogen functional groups attached to an aromatic ring is 1. The number of anilines is 1. The number of aromatic amines is 1. The van der Waals surface area contributed by atoms with Crippen molar-refractivity contribution in [2.24, 2.45) is 5.73 Å². The van der Waals surface area contributed by atoms with Crippen LogP contribution in [0.1, 0.15) is 16.1 Å². The average Bonchev–Trinajstić information content (AvgIpc) is 2.72. The van der Waals surface area contributed by atoms with Crippen molar-refractivity contribution < 1.29 is 9.36 Å². The van der Waals surface area contributed by atoms with Crippen LogP contribution in [0.5, 0.6) is 0 Å². The molecule has 0 spiro atoms. The number of hydrogen-bond donors (Lipinski definition) is 3. The fourth-order valence-electron chi connectivity index (χ4n) is 1.67. The number of carbonyl (C=O) groups is 1. The first-order valence-corrected chi connectivity index (χ1v) is 5.36. The molecule has 0 amide bonds. The van der Waals surface area contributed by atoms with E-state index in [-0.39, 0.29) is 12.3 Å². The first-order chi connectivity index (χ1) is 8.22. The summed E-state index contributed by atoms with van der Waals surface area (Å²) in [6, 6.07) is 9.89. The lowest BCUT2D eigenvalue weighted by atomic mass is 10.2. The molecule has 0 saturated heterocycles. The number of imidazole rings is 1. The van der Waals surface area contributed by atoms with Crippen LogP contribution in [0.15, 0.2) is 36.7 Å². The van der Waals surface area contributed by atoms with Crippen LogP contribution >= 0.6 is 0 Å². The molecule has 0 aliphatic carbocycles. The van der Waals surface area contributed by atoms with Crippen LogP contribution in [-0.2, 0) is 6.54 Å². The molecular weight excluding hydrogens is 216 g/mol. The van der Waals surface area contributed by atoms with Crippen LogP contribution < -0.4 is 16.0 Å². The van der Waals surface area contributed by atoms with E-state index in [1.165, 1.54) is 0 Å². The van der Waals surface area contributed by atoms with Gasteiger partial charge in [-0.3, -0.25) is 9.78 Å². The van der Waals surface area contributed by atoms with Gasteiger partial charge in [0.15, 0.2) is 6.33 Å². The van der Waals surface area contributed by atoms with Crippen LogP contribution in [0, 0.1) is 0 Å². The van der Waals surface area contributed by atoms with Crippen molar-refractivity contribution in [3.8, 4) is 0 Å². The molecular formula is C12H15N4O+. The third kappa shape index (κ3) is 2.34. The third-order valence-corrected chi connectivity index (χ3v) is 2.59. The van der Waals surface area contributed by atoms with E-state index >= 15 is 0 Å². The Labute approximate surface area is 99.1 Å². The molecule has 88 valence electrons. The largest absolute Gasteiger partial charge is 0.324 e. The molecule has 0 bridgehead atoms. The van der Waals surface area contributed by atoms with Gasteiger partial charge in [-0.1, -0.05) is 30.3 Å². The number of Topliss-reactive ketones (excluding diaryl/α,β-unsaturated/α-hetero) is 1. The average molecular weight is 231 g/mol. The standard InChI is InChI=1S/C12H14N4O/c13-6-10(17)11-12(14)16(8-15-11)7-9-4-2-1-3-5-9/h1-5,8H,6-7,13H2,(H2,14,17)/p+1. The number of carbonyl (C=O) groups excluding carboxylic acids is 1. The molecule has 0 atom stereocenters. The van der Waals surface area contributed by atoms with Crippen molar-refractivity contribution in [1.29, 1.82) is 0 Å². The molecule has 5 N–H and O–H groups in total. The van der Waals surface area contributed by atoms with Crippen molar-refractivity contribution in [3.05, 3.63) is 47.9 Å². The minimum Gasteiger partial charge on any atom is -0.324 e. The number of H-pyrrole nitrogens is 1. The zero-order chi connectivity index (χ0) is 12.3. The van der Waals surface area contributed by atoms with Gasteiger partial charge in [0, 0.05) is 0 Å².